The van der Waals surface area contributed by atoms with Crippen LogP contribution in [0.1, 0.15) is 11.9 Å². The molecule has 1 aliphatic rings. The van der Waals surface area contributed by atoms with Crippen LogP contribution in [0.15, 0.2) is 24.3 Å². The molecule has 0 saturated carbocycles. The molecule has 2 aromatic rings. The van der Waals surface area contributed by atoms with Gasteiger partial charge < -0.3 is 9.47 Å². The SMILES string of the molecule is Clc1ccccc1-c1c(Cl)nc(C2COCCO2)nc1Cl. The highest BCUT2D eigenvalue weighted by molar-refractivity contribution is 6.40. The van der Waals surface area contributed by atoms with Gasteiger partial charge in [0.05, 0.1) is 25.4 Å². The summed E-state index contributed by atoms with van der Waals surface area (Å²) in [6.07, 6.45) is -0.353. The number of hydrogen-bond donors (Lipinski definition) is 0. The van der Waals surface area contributed by atoms with Gasteiger partial charge in [0.2, 0.25) is 0 Å². The van der Waals surface area contributed by atoms with Gasteiger partial charge in [-0.15, -0.1) is 0 Å². The highest BCUT2D eigenvalue weighted by Crippen LogP contribution is 2.37. The molecule has 0 N–H and O–H groups in total. The molecule has 1 aliphatic heterocycles. The topological polar surface area (TPSA) is 44.2 Å². The third kappa shape index (κ3) is 3.15. The molecule has 0 radical (unpaired) electrons. The van der Waals surface area contributed by atoms with E-state index in [4.69, 9.17) is 44.3 Å². The molecular formula is C14H11Cl3N2O2. The van der Waals surface area contributed by atoms with E-state index < -0.39 is 0 Å². The molecule has 0 amide bonds. The Morgan fingerprint density at radius 1 is 1.00 bits per heavy atom. The van der Waals surface area contributed by atoms with Crippen molar-refractivity contribution in [1.82, 2.24) is 9.97 Å². The van der Waals surface area contributed by atoms with Crippen LogP contribution < -0.4 is 0 Å². The fourth-order valence-corrected chi connectivity index (χ4v) is 2.92. The molecular weight excluding hydrogens is 335 g/mol. The molecule has 2 heterocycles. The van der Waals surface area contributed by atoms with Crippen molar-refractivity contribution in [3.63, 3.8) is 0 Å². The van der Waals surface area contributed by atoms with Crippen molar-refractivity contribution in [2.45, 2.75) is 6.10 Å². The molecule has 0 spiro atoms. The van der Waals surface area contributed by atoms with E-state index >= 15 is 0 Å². The summed E-state index contributed by atoms with van der Waals surface area (Å²) in [5, 5.41) is 1.02. The average Bonchev–Trinajstić information content (AvgIpc) is 2.49. The van der Waals surface area contributed by atoms with Crippen LogP contribution in [-0.4, -0.2) is 29.8 Å². The van der Waals surface area contributed by atoms with Crippen molar-refractivity contribution in [3.8, 4) is 11.1 Å². The predicted octanol–water partition coefficient (Wildman–Crippen LogP) is 4.19. The monoisotopic (exact) mass is 344 g/mol. The normalized spacial score (nSPS) is 18.7. The fraction of sp³-hybridized carbons (Fsp3) is 0.286. The second-order valence-corrected chi connectivity index (χ2v) is 5.58. The number of ether oxygens (including phenoxy) is 2. The van der Waals surface area contributed by atoms with Gasteiger partial charge in [-0.25, -0.2) is 9.97 Å². The Bertz CT molecular complexity index is 637. The second-order valence-electron chi connectivity index (χ2n) is 4.45. The molecule has 1 saturated heterocycles. The van der Waals surface area contributed by atoms with E-state index in [0.29, 0.717) is 41.8 Å². The number of hydrogen-bond acceptors (Lipinski definition) is 4. The first-order valence-electron chi connectivity index (χ1n) is 6.34. The summed E-state index contributed by atoms with van der Waals surface area (Å²) in [5.41, 5.74) is 1.21. The van der Waals surface area contributed by atoms with Gasteiger partial charge in [0.1, 0.15) is 16.4 Å². The quantitative estimate of drug-likeness (QED) is 0.766. The molecule has 0 bridgehead atoms. The van der Waals surface area contributed by atoms with E-state index in [9.17, 15) is 0 Å². The third-order valence-corrected chi connectivity index (χ3v) is 3.96. The molecule has 1 aromatic heterocycles. The summed E-state index contributed by atoms with van der Waals surface area (Å²) in [6.45, 7) is 1.45. The first kappa shape index (κ1) is 15.0. The predicted molar refractivity (Wildman–Crippen MR) is 82.0 cm³/mol. The van der Waals surface area contributed by atoms with Crippen molar-refractivity contribution in [2.24, 2.45) is 0 Å². The van der Waals surface area contributed by atoms with Gasteiger partial charge in [0.25, 0.3) is 0 Å². The highest BCUT2D eigenvalue weighted by Gasteiger charge is 2.23. The Morgan fingerprint density at radius 2 is 1.71 bits per heavy atom. The Kier molecular flexibility index (Phi) is 4.62. The van der Waals surface area contributed by atoms with Crippen LogP contribution in [0.2, 0.25) is 15.3 Å². The van der Waals surface area contributed by atoms with Gasteiger partial charge in [-0.3, -0.25) is 0 Å². The summed E-state index contributed by atoms with van der Waals surface area (Å²) in [7, 11) is 0. The summed E-state index contributed by atoms with van der Waals surface area (Å²) in [6, 6.07) is 7.25. The lowest BCUT2D eigenvalue weighted by atomic mass is 10.1. The second kappa shape index (κ2) is 6.46. The first-order chi connectivity index (χ1) is 10.2. The van der Waals surface area contributed by atoms with E-state index in [1.165, 1.54) is 0 Å². The van der Waals surface area contributed by atoms with E-state index in [0.717, 1.165) is 0 Å². The van der Waals surface area contributed by atoms with Crippen molar-refractivity contribution < 1.29 is 9.47 Å². The first-order valence-corrected chi connectivity index (χ1v) is 7.47. The Morgan fingerprint density at radius 3 is 2.33 bits per heavy atom. The van der Waals surface area contributed by atoms with Crippen LogP contribution in [0.3, 0.4) is 0 Å². The zero-order valence-corrected chi connectivity index (χ0v) is 13.1. The third-order valence-electron chi connectivity index (χ3n) is 3.09. The van der Waals surface area contributed by atoms with E-state index in [1.54, 1.807) is 6.07 Å². The summed E-state index contributed by atoms with van der Waals surface area (Å²) >= 11 is 18.7. The molecule has 1 atom stereocenters. The number of benzene rings is 1. The van der Waals surface area contributed by atoms with Crippen LogP contribution in [0.25, 0.3) is 11.1 Å². The van der Waals surface area contributed by atoms with Gasteiger partial charge in [-0.1, -0.05) is 53.0 Å². The Balaban J connectivity index is 2.02. The van der Waals surface area contributed by atoms with Crippen molar-refractivity contribution >= 4 is 34.8 Å². The van der Waals surface area contributed by atoms with Crippen molar-refractivity contribution in [1.29, 1.82) is 0 Å². The lowest BCUT2D eigenvalue weighted by Crippen LogP contribution is -2.23. The highest BCUT2D eigenvalue weighted by atomic mass is 35.5. The zero-order chi connectivity index (χ0) is 14.8. The maximum absolute atomic E-state index is 6.27. The van der Waals surface area contributed by atoms with Gasteiger partial charge >= 0.3 is 0 Å². The van der Waals surface area contributed by atoms with E-state index in [-0.39, 0.29) is 16.4 Å². The van der Waals surface area contributed by atoms with Crippen LogP contribution in [0.5, 0.6) is 0 Å². The number of rotatable bonds is 2. The number of aromatic nitrogens is 2. The van der Waals surface area contributed by atoms with Gasteiger partial charge in [0.15, 0.2) is 5.82 Å². The molecule has 3 rings (SSSR count). The van der Waals surface area contributed by atoms with Crippen LogP contribution in [0.4, 0.5) is 0 Å². The zero-order valence-electron chi connectivity index (χ0n) is 10.9. The van der Waals surface area contributed by atoms with Crippen molar-refractivity contribution in [3.05, 3.63) is 45.4 Å². The fourth-order valence-electron chi connectivity index (χ4n) is 2.09. The minimum Gasteiger partial charge on any atom is -0.376 e. The van der Waals surface area contributed by atoms with Crippen molar-refractivity contribution in [2.75, 3.05) is 19.8 Å². The molecule has 7 heteroatoms. The number of halogens is 3. The standard InChI is InChI=1S/C14H11Cl3N2O2/c15-9-4-2-1-3-8(9)11-12(16)18-14(19-13(11)17)10-7-20-5-6-21-10/h1-4,10H,5-7H2. The number of nitrogens with zero attached hydrogens (tertiary/aromatic N) is 2. The molecule has 1 unspecified atom stereocenters. The van der Waals surface area contributed by atoms with E-state index in [2.05, 4.69) is 9.97 Å². The van der Waals surface area contributed by atoms with Gasteiger partial charge in [0, 0.05) is 10.6 Å². The maximum Gasteiger partial charge on any atom is 0.162 e. The summed E-state index contributed by atoms with van der Waals surface area (Å²) in [4.78, 5) is 8.56. The Hall–Kier alpha value is -0.910. The summed E-state index contributed by atoms with van der Waals surface area (Å²) < 4.78 is 10.9. The molecule has 0 aliphatic carbocycles. The van der Waals surface area contributed by atoms with Crippen LogP contribution in [0, 0.1) is 0 Å². The van der Waals surface area contributed by atoms with Gasteiger partial charge in [-0.05, 0) is 6.07 Å². The van der Waals surface area contributed by atoms with Crippen LogP contribution in [-0.2, 0) is 9.47 Å². The van der Waals surface area contributed by atoms with E-state index in [1.807, 2.05) is 18.2 Å². The molecule has 110 valence electrons. The molecule has 21 heavy (non-hydrogen) atoms. The molecule has 1 fully saturated rings. The minimum absolute atomic E-state index is 0.243. The Labute approximate surface area is 137 Å². The van der Waals surface area contributed by atoms with Crippen LogP contribution >= 0.6 is 34.8 Å². The maximum atomic E-state index is 6.27. The lowest BCUT2D eigenvalue weighted by molar-refractivity contribution is -0.0935. The average molecular weight is 346 g/mol. The smallest absolute Gasteiger partial charge is 0.162 e. The molecule has 1 aromatic carbocycles. The largest absolute Gasteiger partial charge is 0.376 e. The molecule has 4 nitrogen and oxygen atoms in total. The summed E-state index contributed by atoms with van der Waals surface area (Å²) in [5.74, 6) is 0.417. The lowest BCUT2D eigenvalue weighted by Gasteiger charge is -2.22. The van der Waals surface area contributed by atoms with Gasteiger partial charge in [-0.2, -0.15) is 0 Å². The minimum atomic E-state index is -0.353.